The van der Waals surface area contributed by atoms with Gasteiger partial charge in [0.05, 0.1) is 22.1 Å². The van der Waals surface area contributed by atoms with Crippen molar-refractivity contribution < 1.29 is 0 Å². The van der Waals surface area contributed by atoms with E-state index in [4.69, 9.17) is 24.9 Å². The third-order valence-electron chi connectivity index (χ3n) is 11.7. The van der Waals surface area contributed by atoms with Crippen LogP contribution < -0.4 is 0 Å². The lowest BCUT2D eigenvalue weighted by Gasteiger charge is -2.14. The molecule has 3 aromatic heterocycles. The molecule has 0 N–H and O–H groups in total. The summed E-state index contributed by atoms with van der Waals surface area (Å²) in [5, 5.41) is 6.89. The van der Waals surface area contributed by atoms with E-state index in [-0.39, 0.29) is 0 Å². The summed E-state index contributed by atoms with van der Waals surface area (Å²) >= 11 is 0. The summed E-state index contributed by atoms with van der Waals surface area (Å²) in [7, 11) is 0. The molecule has 0 aliphatic carbocycles. The predicted octanol–water partition coefficient (Wildman–Crippen LogP) is 13.6. The Kier molecular flexibility index (Phi) is 8.06. The van der Waals surface area contributed by atoms with Gasteiger partial charge in [0.2, 0.25) is 0 Å². The average molecular weight is 779 g/mol. The molecule has 0 saturated heterocycles. The Bertz CT molecular complexity index is 3600. The van der Waals surface area contributed by atoms with Crippen molar-refractivity contribution in [1.29, 1.82) is 0 Å². The van der Waals surface area contributed by atoms with Crippen molar-refractivity contribution >= 4 is 54.4 Å². The van der Waals surface area contributed by atoms with Crippen LogP contribution in [-0.2, 0) is 0 Å². The highest BCUT2D eigenvalue weighted by atomic mass is 15.0. The molecule has 0 saturated carbocycles. The van der Waals surface area contributed by atoms with Gasteiger partial charge in [-0.05, 0) is 51.9 Å². The molecule has 6 heteroatoms. The minimum absolute atomic E-state index is 0.616. The van der Waals surface area contributed by atoms with Crippen molar-refractivity contribution in [1.82, 2.24) is 29.5 Å². The van der Waals surface area contributed by atoms with Crippen molar-refractivity contribution in [2.45, 2.75) is 0 Å². The standard InChI is InChI=1S/C55H34N6/c1-3-13-35(14-4-1)36-25-27-38(28-26-36)54-58-53(37-15-5-2-6-16-37)59-55(60-54)41-19-11-17-39(33-41)40-18-12-20-42(34-40)61-48-24-10-9-21-43(48)46-29-30-47-49(52(46)61)44-22-7-8-23-45(44)50-51(47)57-32-31-56-50/h1-34H. The molecule has 12 rings (SSSR count). The first-order valence-electron chi connectivity index (χ1n) is 20.4. The molecule has 0 spiro atoms. The first-order valence-corrected chi connectivity index (χ1v) is 20.4. The molecule has 0 fully saturated rings. The highest BCUT2D eigenvalue weighted by molar-refractivity contribution is 6.32. The molecular weight excluding hydrogens is 745 g/mol. The van der Waals surface area contributed by atoms with Gasteiger partial charge < -0.3 is 4.57 Å². The van der Waals surface area contributed by atoms with Gasteiger partial charge in [0.1, 0.15) is 0 Å². The number of benzene rings is 9. The summed E-state index contributed by atoms with van der Waals surface area (Å²) in [4.78, 5) is 24.9. The van der Waals surface area contributed by atoms with E-state index in [0.717, 1.165) is 77.3 Å². The molecule has 0 aliphatic rings. The van der Waals surface area contributed by atoms with Gasteiger partial charge >= 0.3 is 0 Å². The third kappa shape index (κ3) is 5.84. The average Bonchev–Trinajstić information content (AvgIpc) is 3.69. The molecule has 284 valence electrons. The molecule has 0 aliphatic heterocycles. The number of aromatic nitrogens is 6. The van der Waals surface area contributed by atoms with Crippen LogP contribution in [0.15, 0.2) is 207 Å². The number of hydrogen-bond donors (Lipinski definition) is 0. The molecule has 6 nitrogen and oxygen atoms in total. The van der Waals surface area contributed by atoms with Crippen molar-refractivity contribution in [2.75, 3.05) is 0 Å². The van der Waals surface area contributed by atoms with Crippen LogP contribution in [-0.4, -0.2) is 29.5 Å². The Labute approximate surface area is 351 Å². The molecule has 9 aromatic carbocycles. The van der Waals surface area contributed by atoms with Crippen molar-refractivity contribution in [2.24, 2.45) is 0 Å². The third-order valence-corrected chi connectivity index (χ3v) is 11.7. The summed E-state index contributed by atoms with van der Waals surface area (Å²) in [5.41, 5.74) is 12.4. The zero-order chi connectivity index (χ0) is 40.3. The summed E-state index contributed by atoms with van der Waals surface area (Å²) in [6.45, 7) is 0. The topological polar surface area (TPSA) is 69.4 Å². The van der Waals surface area contributed by atoms with Crippen LogP contribution in [0.4, 0.5) is 0 Å². The van der Waals surface area contributed by atoms with Gasteiger partial charge in [-0.3, -0.25) is 9.97 Å². The monoisotopic (exact) mass is 778 g/mol. The maximum Gasteiger partial charge on any atom is 0.164 e. The van der Waals surface area contributed by atoms with E-state index in [0.29, 0.717) is 17.5 Å². The Morgan fingerprint density at radius 2 is 0.803 bits per heavy atom. The minimum atomic E-state index is 0.616. The summed E-state index contributed by atoms with van der Waals surface area (Å²) in [6.07, 6.45) is 3.57. The molecule has 61 heavy (non-hydrogen) atoms. The van der Waals surface area contributed by atoms with E-state index in [9.17, 15) is 0 Å². The molecule has 0 radical (unpaired) electrons. The second-order valence-electron chi connectivity index (χ2n) is 15.3. The first kappa shape index (κ1) is 34.7. The largest absolute Gasteiger partial charge is 0.309 e. The van der Waals surface area contributed by atoms with Crippen LogP contribution in [0, 0.1) is 0 Å². The van der Waals surface area contributed by atoms with E-state index in [1.54, 1.807) is 12.4 Å². The smallest absolute Gasteiger partial charge is 0.164 e. The predicted molar refractivity (Wildman–Crippen MR) is 249 cm³/mol. The fraction of sp³-hybridized carbons (Fsp3) is 0. The summed E-state index contributed by atoms with van der Waals surface area (Å²) in [5.74, 6) is 1.87. The Morgan fingerprint density at radius 3 is 1.54 bits per heavy atom. The van der Waals surface area contributed by atoms with E-state index < -0.39 is 0 Å². The van der Waals surface area contributed by atoms with Crippen molar-refractivity contribution in [3.05, 3.63) is 207 Å². The molecular formula is C55H34N6. The molecule has 0 bridgehead atoms. The van der Waals surface area contributed by atoms with Crippen LogP contribution in [0.3, 0.4) is 0 Å². The van der Waals surface area contributed by atoms with Gasteiger partial charge in [-0.1, -0.05) is 170 Å². The van der Waals surface area contributed by atoms with Crippen LogP contribution in [0.5, 0.6) is 0 Å². The van der Waals surface area contributed by atoms with E-state index in [2.05, 4.69) is 162 Å². The molecule has 12 aromatic rings. The lowest BCUT2D eigenvalue weighted by Crippen LogP contribution is -2.00. The van der Waals surface area contributed by atoms with Crippen molar-refractivity contribution in [3.8, 4) is 62.1 Å². The second kappa shape index (κ2) is 14.2. The van der Waals surface area contributed by atoms with Gasteiger partial charge in [-0.2, -0.15) is 0 Å². The van der Waals surface area contributed by atoms with Gasteiger partial charge in [-0.25, -0.2) is 15.0 Å². The van der Waals surface area contributed by atoms with Crippen LogP contribution in [0.1, 0.15) is 0 Å². The Morgan fingerprint density at radius 1 is 0.311 bits per heavy atom. The van der Waals surface area contributed by atoms with E-state index in [1.165, 1.54) is 21.7 Å². The highest BCUT2D eigenvalue weighted by Gasteiger charge is 2.20. The fourth-order valence-electron chi connectivity index (χ4n) is 8.89. The SMILES string of the molecule is c1ccc(-c2ccc(-c3nc(-c4ccccc4)nc(-c4cccc(-c5cccc(-n6c7ccccc7c7ccc8c9nccnc9c9ccccc9c8c76)c5)c4)n3)cc2)cc1. The number of para-hydroxylation sites is 1. The zero-order valence-corrected chi connectivity index (χ0v) is 32.8. The second-order valence-corrected chi connectivity index (χ2v) is 15.3. The Hall–Kier alpha value is -8.35. The van der Waals surface area contributed by atoms with E-state index >= 15 is 0 Å². The quantitative estimate of drug-likeness (QED) is 0.157. The molecule has 0 amide bonds. The number of hydrogen-bond acceptors (Lipinski definition) is 5. The van der Waals surface area contributed by atoms with Crippen molar-refractivity contribution in [3.63, 3.8) is 0 Å². The molecule has 3 heterocycles. The lowest BCUT2D eigenvalue weighted by atomic mass is 9.97. The number of nitrogens with zero attached hydrogens (tertiary/aromatic N) is 6. The minimum Gasteiger partial charge on any atom is -0.309 e. The number of rotatable bonds is 6. The lowest BCUT2D eigenvalue weighted by molar-refractivity contribution is 1.07. The fourth-order valence-corrected chi connectivity index (χ4v) is 8.89. The van der Waals surface area contributed by atoms with Crippen LogP contribution >= 0.6 is 0 Å². The van der Waals surface area contributed by atoms with Gasteiger partial charge in [-0.15, -0.1) is 0 Å². The summed E-state index contributed by atoms with van der Waals surface area (Å²) < 4.78 is 2.42. The normalized spacial score (nSPS) is 11.6. The summed E-state index contributed by atoms with van der Waals surface area (Å²) in [6, 6.07) is 68.0. The maximum atomic E-state index is 5.10. The van der Waals surface area contributed by atoms with Gasteiger partial charge in [0.25, 0.3) is 0 Å². The van der Waals surface area contributed by atoms with Gasteiger partial charge in [0, 0.05) is 61.7 Å². The van der Waals surface area contributed by atoms with E-state index in [1.807, 2.05) is 36.4 Å². The highest BCUT2D eigenvalue weighted by Crippen LogP contribution is 2.42. The maximum absolute atomic E-state index is 5.10. The number of fused-ring (bicyclic) bond motifs is 10. The van der Waals surface area contributed by atoms with Crippen LogP contribution in [0.2, 0.25) is 0 Å². The molecule has 0 atom stereocenters. The zero-order valence-electron chi connectivity index (χ0n) is 32.8. The first-order chi connectivity index (χ1) is 30.2. The Balaban J connectivity index is 1.01. The van der Waals surface area contributed by atoms with Gasteiger partial charge in [0.15, 0.2) is 17.5 Å². The molecule has 0 unspecified atom stereocenters. The van der Waals surface area contributed by atoms with Crippen LogP contribution in [0.25, 0.3) is 116 Å².